The Morgan fingerprint density at radius 2 is 0.865 bits per heavy atom. The fourth-order valence-corrected chi connectivity index (χ4v) is 19.9. The fraction of sp³-hybridized carbons (Fsp3) is 0.417. The molecule has 8 aliphatic rings. The van der Waals surface area contributed by atoms with Crippen LogP contribution in [0.3, 0.4) is 0 Å². The average Bonchev–Trinajstić information content (AvgIpc) is 1.37. The van der Waals surface area contributed by atoms with Gasteiger partial charge in [-0.2, -0.15) is 33.4 Å². The first-order valence-electron chi connectivity index (χ1n) is 46.5. The van der Waals surface area contributed by atoms with Crippen LogP contribution in [0.2, 0.25) is 0 Å². The van der Waals surface area contributed by atoms with Gasteiger partial charge in [-0.25, -0.2) is 24.4 Å². The summed E-state index contributed by atoms with van der Waals surface area (Å²) in [5, 5.41) is 17.9. The second-order valence-electron chi connectivity index (χ2n) is 36.7. The Hall–Kier alpha value is -12.5. The van der Waals surface area contributed by atoms with Gasteiger partial charge in [-0.05, 0) is 163 Å². The Kier molecular flexibility index (Phi) is 29.7. The number of rotatable bonds is 19. The van der Waals surface area contributed by atoms with Crippen LogP contribution in [0.15, 0.2) is 188 Å². The molecule has 8 aromatic carbocycles. The molecule has 4 amide bonds. The normalized spacial score (nSPS) is 17.7. The minimum atomic E-state index is -1.31. The van der Waals surface area contributed by atoms with Crippen LogP contribution in [-0.2, 0) is 81.9 Å². The van der Waals surface area contributed by atoms with Crippen molar-refractivity contribution in [2.24, 2.45) is 0 Å². The predicted octanol–water partition coefficient (Wildman–Crippen LogP) is 15.5. The number of nitrogens with zero attached hydrogens (tertiary/aromatic N) is 17. The van der Waals surface area contributed by atoms with Crippen molar-refractivity contribution in [3.8, 4) is 17.8 Å². The zero-order valence-electron chi connectivity index (χ0n) is 77.6. The molecule has 1 N–H and O–H groups in total. The summed E-state index contributed by atoms with van der Waals surface area (Å²) in [4.78, 5) is 104. The highest BCUT2D eigenvalue weighted by atomic mass is 32.2. The number of anilines is 6. The third kappa shape index (κ3) is 22.2. The Morgan fingerprint density at radius 3 is 1.31 bits per heavy atom. The van der Waals surface area contributed by atoms with E-state index in [1.54, 1.807) is 21.0 Å². The van der Waals surface area contributed by atoms with E-state index < -0.39 is 16.4 Å². The summed E-state index contributed by atoms with van der Waals surface area (Å²) in [5.41, 5.74) is 13.4. The van der Waals surface area contributed by atoms with E-state index in [1.807, 2.05) is 117 Å². The molecule has 0 radical (unpaired) electrons. The Labute approximate surface area is 788 Å². The molecule has 0 bridgehead atoms. The van der Waals surface area contributed by atoms with E-state index in [1.165, 1.54) is 56.5 Å². The average molecular weight is 1840 g/mol. The number of benzene rings is 8. The third-order valence-corrected chi connectivity index (χ3v) is 26.9. The first kappa shape index (κ1) is 93.7. The number of carbonyl (C=O) groups is 4. The number of phenols is 1. The summed E-state index contributed by atoms with van der Waals surface area (Å²) >= 11 is 0. The lowest BCUT2D eigenvalue weighted by atomic mass is 10.0. The zero-order valence-corrected chi connectivity index (χ0v) is 79.5. The molecule has 30 heteroatoms. The minimum Gasteiger partial charge on any atom is -0.508 e. The number of ether oxygens (including phenoxy) is 5. The van der Waals surface area contributed by atoms with Crippen LogP contribution < -0.4 is 38.9 Å². The van der Waals surface area contributed by atoms with Gasteiger partial charge in [0.1, 0.15) is 55.2 Å². The number of fused-ring (bicyclic) bond motifs is 6. The largest absolute Gasteiger partial charge is 0.508 e. The van der Waals surface area contributed by atoms with Crippen molar-refractivity contribution >= 4 is 115 Å². The summed E-state index contributed by atoms with van der Waals surface area (Å²) in [6.07, 6.45) is 8.46. The van der Waals surface area contributed by atoms with Crippen LogP contribution >= 0.6 is 13.5 Å². The maximum atomic E-state index is 13.0. The van der Waals surface area contributed by atoms with E-state index >= 15 is 0 Å². The SMILES string of the molecule is C=CC(=O)N1CCN(c2nc(OC[C@@H]3CCCN3C(C)C)nc3c2CCN(c2cc(O)cc4ccccc24)C3)CC1.Cc1cc(N2CCc3c(nc(OC[C@@H]4CCCN4C(=O)OC(C)(C)C)nc3N3CCN(C(=O)OCc4ccccc4)CC3)C2)c2ccccc2c1.Cc1cc(N2CCc3c(nc(S(C)=O)nc3N3CCN(C(=O)OCc4ccccc4)CC3)C2)c2ccccc2c1.S. The van der Waals surface area contributed by atoms with Crippen LogP contribution in [-0.4, -0.2) is 242 Å². The molecular formula is C103H123N17O11S2. The van der Waals surface area contributed by atoms with Crippen LogP contribution in [0.25, 0.3) is 32.3 Å². The topological polar surface area (TPSA) is 265 Å². The molecule has 698 valence electrons. The lowest BCUT2D eigenvalue weighted by molar-refractivity contribution is -0.126. The van der Waals surface area contributed by atoms with E-state index in [2.05, 4.69) is 147 Å². The summed E-state index contributed by atoms with van der Waals surface area (Å²) in [7, 11) is -1.31. The van der Waals surface area contributed by atoms with Gasteiger partial charge in [0.15, 0.2) is 0 Å². The molecular weight excluding hydrogens is 1720 g/mol. The van der Waals surface area contributed by atoms with Crippen LogP contribution in [0.5, 0.6) is 17.8 Å². The molecule has 0 spiro atoms. The Bertz CT molecular complexity index is 6030. The van der Waals surface area contributed by atoms with E-state index in [0.717, 1.165) is 144 Å². The molecule has 19 rings (SSSR count). The van der Waals surface area contributed by atoms with Gasteiger partial charge in [0.2, 0.25) is 11.1 Å². The molecule has 0 aliphatic carbocycles. The molecule has 3 aromatic heterocycles. The summed E-state index contributed by atoms with van der Waals surface area (Å²) in [6, 6.07) is 58.6. The highest BCUT2D eigenvalue weighted by molar-refractivity contribution is 7.84. The molecule has 5 saturated heterocycles. The fourth-order valence-electron chi connectivity index (χ4n) is 19.5. The van der Waals surface area contributed by atoms with E-state index in [0.29, 0.717) is 141 Å². The number of hydrogen-bond donors (Lipinski definition) is 1. The first-order valence-corrected chi connectivity index (χ1v) is 48.1. The van der Waals surface area contributed by atoms with Gasteiger partial charge in [-0.3, -0.25) is 13.9 Å². The van der Waals surface area contributed by atoms with E-state index in [4.69, 9.17) is 53.6 Å². The van der Waals surface area contributed by atoms with E-state index in [9.17, 15) is 28.5 Å². The smallest absolute Gasteiger partial charge is 0.410 e. The van der Waals surface area contributed by atoms with Gasteiger partial charge in [0.05, 0.1) is 53.6 Å². The predicted molar refractivity (Wildman–Crippen MR) is 528 cm³/mol. The van der Waals surface area contributed by atoms with Crippen molar-refractivity contribution < 1.29 is 52.2 Å². The monoisotopic (exact) mass is 1840 g/mol. The van der Waals surface area contributed by atoms with Gasteiger partial charge in [0, 0.05) is 179 Å². The summed E-state index contributed by atoms with van der Waals surface area (Å²) < 4.78 is 42.1. The van der Waals surface area contributed by atoms with E-state index in [-0.39, 0.29) is 69.3 Å². The number of aromatic hydroxyl groups is 1. The molecule has 11 heterocycles. The molecule has 0 saturated carbocycles. The van der Waals surface area contributed by atoms with Crippen LogP contribution in [0, 0.1) is 13.8 Å². The van der Waals surface area contributed by atoms with Gasteiger partial charge in [-0.15, -0.1) is 0 Å². The molecule has 5 fully saturated rings. The quantitative estimate of drug-likeness (QED) is 0.0448. The highest BCUT2D eigenvalue weighted by Gasteiger charge is 2.38. The Morgan fingerprint density at radius 1 is 0.466 bits per heavy atom. The number of carbonyl (C=O) groups excluding carboxylic acids is 4. The molecule has 133 heavy (non-hydrogen) atoms. The van der Waals surface area contributed by atoms with Crippen molar-refractivity contribution in [1.82, 2.24) is 54.4 Å². The lowest BCUT2D eigenvalue weighted by Crippen LogP contribution is -2.49. The van der Waals surface area contributed by atoms with Crippen molar-refractivity contribution in [2.75, 3.05) is 160 Å². The molecule has 1 unspecified atom stereocenters. The maximum absolute atomic E-state index is 13.0. The molecule has 3 atom stereocenters. The highest BCUT2D eigenvalue weighted by Crippen LogP contribution is 2.41. The second-order valence-corrected chi connectivity index (χ2v) is 38.0. The number of hydrogen-bond acceptors (Lipinski definition) is 24. The van der Waals surface area contributed by atoms with Crippen molar-refractivity contribution in [1.29, 1.82) is 0 Å². The number of piperazine rings is 3. The van der Waals surface area contributed by atoms with Crippen molar-refractivity contribution in [3.05, 3.63) is 239 Å². The van der Waals surface area contributed by atoms with Crippen molar-refractivity contribution in [2.45, 2.75) is 155 Å². The van der Waals surface area contributed by atoms with Gasteiger partial charge < -0.3 is 77.8 Å². The van der Waals surface area contributed by atoms with Gasteiger partial charge >= 0.3 is 30.3 Å². The zero-order chi connectivity index (χ0) is 91.7. The maximum Gasteiger partial charge on any atom is 0.410 e. The number of aryl methyl sites for hydroxylation is 2. The van der Waals surface area contributed by atoms with Gasteiger partial charge in [0.25, 0.3) is 0 Å². The number of aromatic nitrogens is 6. The third-order valence-electron chi connectivity index (χ3n) is 26.2. The number of likely N-dealkylation sites (tertiary alicyclic amines) is 2. The Balaban J connectivity index is 0.000000146. The minimum absolute atomic E-state index is 0. The van der Waals surface area contributed by atoms with Crippen LogP contribution in [0.4, 0.5) is 48.9 Å². The second kappa shape index (κ2) is 42.1. The lowest BCUT2D eigenvalue weighted by Gasteiger charge is -2.38. The van der Waals surface area contributed by atoms with Gasteiger partial charge in [-0.1, -0.05) is 152 Å². The first-order chi connectivity index (χ1) is 64.0. The molecule has 8 aliphatic heterocycles. The molecule has 11 aromatic rings. The molecule has 28 nitrogen and oxygen atoms in total. The number of phenolic OH excluding ortho intramolecular Hbond substituents is 1. The summed E-state index contributed by atoms with van der Waals surface area (Å²) in [6.45, 7) is 32.7. The summed E-state index contributed by atoms with van der Waals surface area (Å²) in [5.74, 6) is 2.86. The number of amides is 4. The standard InChI is InChI=1S/C40H48N6O5.C32H40N6O3.C31H33N5O3S.H2S/c1-28-23-30-13-8-9-15-32(30)35(24-28)45-18-16-33-34(25-45)41-37(49-27-31-14-10-17-46(31)39(48)51-40(2,3)4)42-36(33)43-19-21-44(22-20-43)38(47)50-26-29-11-6-5-7-12-29;1-4-30(40)35-14-16-36(17-15-35)31-27-11-13-37(29-19-25(39)18-23-8-5-6-10-26(23)29)20-28(27)33-32(34-31)41-21-24-9-7-12-38(24)22(2)3;1-22-18-24-10-6-7-11-25(24)28(19-22)36-13-12-26-27(20-36)32-30(40(2)38)33-29(26)34-14-16-35(17-15-34)31(37)39-21-23-8-4-3-5-9-23;/h5-9,11-13,15,23-24,31H,10,14,16-22,25-27H2,1-4H3;4-6,8,10,18-19,22,24,39H,1,7,9,11-17,20-21H2,2-3H3;3-11,18-19H,12-17,20-21H2,1-2H3;1H2/t31-;24-;;/m00../s1. The van der Waals surface area contributed by atoms with Crippen molar-refractivity contribution in [3.63, 3.8) is 0 Å². The van der Waals surface area contributed by atoms with Crippen LogP contribution in [0.1, 0.15) is 116 Å².